The summed E-state index contributed by atoms with van der Waals surface area (Å²) in [6, 6.07) is 11.7. The van der Waals surface area contributed by atoms with Crippen LogP contribution in [0.5, 0.6) is 0 Å². The molecule has 2 heterocycles. The minimum absolute atomic E-state index is 0.0324. The van der Waals surface area contributed by atoms with Crippen LogP contribution in [0.4, 0.5) is 25.4 Å². The van der Waals surface area contributed by atoms with E-state index in [1.165, 1.54) is 53.4 Å². The Labute approximate surface area is 190 Å². The normalized spacial score (nSPS) is 11.8. The molecule has 0 aliphatic heterocycles. The van der Waals surface area contributed by atoms with E-state index in [4.69, 9.17) is 16.0 Å². The Morgan fingerprint density at radius 3 is 2.48 bits per heavy atom. The molecule has 0 unspecified atom stereocenters. The van der Waals surface area contributed by atoms with Crippen LogP contribution in [0.15, 0.2) is 59.1 Å². The molecule has 4 rings (SSSR count). The van der Waals surface area contributed by atoms with Gasteiger partial charge in [0, 0.05) is 17.3 Å². The van der Waals surface area contributed by atoms with Gasteiger partial charge >= 0.3 is 0 Å². The van der Waals surface area contributed by atoms with E-state index in [2.05, 4.69) is 10.1 Å². The van der Waals surface area contributed by atoms with Gasteiger partial charge in [-0.1, -0.05) is 28.6 Å². The van der Waals surface area contributed by atoms with Crippen LogP contribution >= 0.6 is 11.3 Å². The fraction of sp³-hybridized carbons (Fsp3) is 0.0909. The van der Waals surface area contributed by atoms with Gasteiger partial charge in [0.2, 0.25) is 17.5 Å². The number of aromatic nitrogens is 2. The second-order valence-corrected chi connectivity index (χ2v) is 8.00. The second-order valence-electron chi connectivity index (χ2n) is 7.02. The van der Waals surface area contributed by atoms with Crippen molar-refractivity contribution in [2.45, 2.75) is 13.0 Å². The molecule has 1 atom stereocenters. The van der Waals surface area contributed by atoms with E-state index in [1.807, 2.05) is 0 Å². The number of hydrogen-bond acceptors (Lipinski definition) is 8. The van der Waals surface area contributed by atoms with E-state index in [0.29, 0.717) is 5.69 Å². The number of rotatable bonds is 7. The van der Waals surface area contributed by atoms with Gasteiger partial charge in [-0.05, 0) is 43.3 Å². The third kappa shape index (κ3) is 4.30. The Balaban J connectivity index is 1.70. The number of benzene rings is 2. The molecule has 168 valence electrons. The number of carbonyl (C=O) groups is 2. The first-order chi connectivity index (χ1) is 15.8. The van der Waals surface area contributed by atoms with Crippen molar-refractivity contribution in [1.29, 1.82) is 0 Å². The Kier molecular flexibility index (Phi) is 5.88. The number of halogens is 2. The summed E-state index contributed by atoms with van der Waals surface area (Å²) in [7, 11) is 0. The van der Waals surface area contributed by atoms with Gasteiger partial charge in [-0.25, -0.2) is 13.8 Å². The maximum atomic E-state index is 14.0. The largest absolute Gasteiger partial charge is 0.382 e. The third-order valence-corrected chi connectivity index (χ3v) is 5.91. The van der Waals surface area contributed by atoms with Gasteiger partial charge in [-0.15, -0.1) is 0 Å². The summed E-state index contributed by atoms with van der Waals surface area (Å²) >= 11 is 0.900. The van der Waals surface area contributed by atoms with Crippen molar-refractivity contribution < 1.29 is 22.9 Å². The lowest BCUT2D eigenvalue weighted by atomic mass is 10.1. The Hall–Kier alpha value is -4.12. The van der Waals surface area contributed by atoms with Crippen molar-refractivity contribution >= 4 is 39.7 Å². The van der Waals surface area contributed by atoms with Crippen molar-refractivity contribution in [3.05, 3.63) is 76.9 Å². The molecule has 0 bridgehead atoms. The lowest BCUT2D eigenvalue weighted by Crippen LogP contribution is -2.39. The summed E-state index contributed by atoms with van der Waals surface area (Å²) in [5, 5.41) is 3.97. The molecule has 0 aliphatic rings. The SMILES string of the molecule is C[C@H](C(N)=O)N(c1ccc(F)cc1)c1nc(N)c(C(=O)c2cc(-c3ccccc3F)no2)s1. The van der Waals surface area contributed by atoms with Gasteiger partial charge in [0.05, 0.1) is 0 Å². The topological polar surface area (TPSA) is 128 Å². The van der Waals surface area contributed by atoms with E-state index in [9.17, 15) is 18.4 Å². The van der Waals surface area contributed by atoms with E-state index in [1.54, 1.807) is 13.0 Å². The monoisotopic (exact) mass is 469 g/mol. The number of anilines is 3. The highest BCUT2D eigenvalue weighted by Gasteiger charge is 2.29. The van der Waals surface area contributed by atoms with Gasteiger partial charge in [0.15, 0.2) is 5.13 Å². The molecule has 33 heavy (non-hydrogen) atoms. The van der Waals surface area contributed by atoms with Crippen molar-refractivity contribution in [2.75, 3.05) is 10.6 Å². The molecule has 8 nitrogen and oxygen atoms in total. The first kappa shape index (κ1) is 22.1. The zero-order valence-corrected chi connectivity index (χ0v) is 18.0. The first-order valence-electron chi connectivity index (χ1n) is 9.63. The molecule has 0 radical (unpaired) electrons. The molecule has 4 aromatic rings. The zero-order chi connectivity index (χ0) is 23.7. The second kappa shape index (κ2) is 8.79. The molecule has 0 spiro atoms. The molecule has 2 aromatic carbocycles. The quantitative estimate of drug-likeness (QED) is 0.393. The third-order valence-electron chi connectivity index (χ3n) is 4.84. The summed E-state index contributed by atoms with van der Waals surface area (Å²) in [5.41, 5.74) is 12.2. The minimum Gasteiger partial charge on any atom is -0.382 e. The van der Waals surface area contributed by atoms with Crippen LogP contribution in [0.3, 0.4) is 0 Å². The molecule has 0 aliphatic carbocycles. The maximum absolute atomic E-state index is 14.0. The van der Waals surface area contributed by atoms with E-state index in [-0.39, 0.29) is 32.8 Å². The Morgan fingerprint density at radius 2 is 1.82 bits per heavy atom. The molecule has 0 fully saturated rings. The number of nitrogens with two attached hydrogens (primary N) is 2. The van der Waals surface area contributed by atoms with Crippen LogP contribution < -0.4 is 16.4 Å². The number of hydrogen-bond donors (Lipinski definition) is 2. The fourth-order valence-corrected chi connectivity index (χ4v) is 4.14. The molecule has 4 N–H and O–H groups in total. The highest BCUT2D eigenvalue weighted by Crippen LogP contribution is 2.36. The summed E-state index contributed by atoms with van der Waals surface area (Å²) in [6.07, 6.45) is 0. The van der Waals surface area contributed by atoms with Gasteiger partial charge < -0.3 is 20.9 Å². The first-order valence-corrected chi connectivity index (χ1v) is 10.4. The Bertz CT molecular complexity index is 1340. The number of thiazole rings is 1. The predicted molar refractivity (Wildman–Crippen MR) is 119 cm³/mol. The number of primary amides is 1. The summed E-state index contributed by atoms with van der Waals surface area (Å²) in [6.45, 7) is 1.54. The molecule has 0 saturated heterocycles. The smallest absolute Gasteiger partial charge is 0.244 e. The highest BCUT2D eigenvalue weighted by molar-refractivity contribution is 7.18. The van der Waals surface area contributed by atoms with Crippen LogP contribution in [-0.4, -0.2) is 27.9 Å². The van der Waals surface area contributed by atoms with Crippen LogP contribution in [0, 0.1) is 11.6 Å². The molecule has 0 saturated carbocycles. The van der Waals surface area contributed by atoms with Crippen LogP contribution in [0.25, 0.3) is 11.3 Å². The van der Waals surface area contributed by atoms with Crippen LogP contribution in [0.2, 0.25) is 0 Å². The van der Waals surface area contributed by atoms with Crippen LogP contribution in [0.1, 0.15) is 22.4 Å². The van der Waals surface area contributed by atoms with Crippen molar-refractivity contribution in [3.63, 3.8) is 0 Å². The fourth-order valence-electron chi connectivity index (χ4n) is 3.10. The minimum atomic E-state index is -0.873. The zero-order valence-electron chi connectivity index (χ0n) is 17.2. The highest BCUT2D eigenvalue weighted by atomic mass is 32.1. The number of nitrogens with zero attached hydrogens (tertiary/aromatic N) is 3. The van der Waals surface area contributed by atoms with E-state index < -0.39 is 29.4 Å². The molecular weight excluding hydrogens is 452 g/mol. The summed E-state index contributed by atoms with van der Waals surface area (Å²) < 4.78 is 32.6. The van der Waals surface area contributed by atoms with Crippen molar-refractivity contribution in [2.24, 2.45) is 5.73 Å². The standard InChI is InChI=1S/C22H17F2N5O3S/c1-11(21(26)31)29(13-8-6-12(23)7-9-13)22-27-20(25)19(33-22)18(30)17-10-16(28-32-17)14-4-2-3-5-15(14)24/h2-11H,25H2,1H3,(H2,26,31)/t11-/m1/s1. The molecule has 1 amide bonds. The van der Waals surface area contributed by atoms with Crippen molar-refractivity contribution in [3.8, 4) is 11.3 Å². The van der Waals surface area contributed by atoms with Gasteiger partial charge in [0.25, 0.3) is 0 Å². The number of nitrogen functional groups attached to an aromatic ring is 1. The Morgan fingerprint density at radius 1 is 1.12 bits per heavy atom. The molecule has 11 heteroatoms. The number of ketones is 1. The van der Waals surface area contributed by atoms with E-state index in [0.717, 1.165) is 11.3 Å². The molecular formula is C22H17F2N5O3S. The van der Waals surface area contributed by atoms with Gasteiger partial charge in [-0.3, -0.25) is 9.59 Å². The summed E-state index contributed by atoms with van der Waals surface area (Å²) in [5.74, 6) is -2.52. The van der Waals surface area contributed by atoms with Gasteiger partial charge in [0.1, 0.15) is 34.1 Å². The lowest BCUT2D eigenvalue weighted by molar-refractivity contribution is -0.118. The predicted octanol–water partition coefficient (Wildman–Crippen LogP) is 3.90. The number of amides is 1. The van der Waals surface area contributed by atoms with E-state index >= 15 is 0 Å². The maximum Gasteiger partial charge on any atom is 0.244 e. The number of carbonyl (C=O) groups excluding carboxylic acids is 2. The average Bonchev–Trinajstić information content (AvgIpc) is 3.42. The van der Waals surface area contributed by atoms with Gasteiger partial charge in [-0.2, -0.15) is 0 Å². The summed E-state index contributed by atoms with van der Waals surface area (Å²) in [4.78, 5) is 30.6. The van der Waals surface area contributed by atoms with Crippen molar-refractivity contribution in [1.82, 2.24) is 10.1 Å². The average molecular weight is 469 g/mol. The van der Waals surface area contributed by atoms with Crippen LogP contribution in [-0.2, 0) is 4.79 Å². The lowest BCUT2D eigenvalue weighted by Gasteiger charge is -2.26. The molecule has 2 aromatic heterocycles.